The molecule has 0 unspecified atom stereocenters. The molecule has 3 aromatic rings. The maximum Gasteiger partial charge on any atom is 0.173 e. The lowest BCUT2D eigenvalue weighted by Gasteiger charge is -2.20. The second-order valence-corrected chi connectivity index (χ2v) is 4.68. The Morgan fingerprint density at radius 1 is 1.15 bits per heavy atom. The quantitative estimate of drug-likeness (QED) is 0.643. The highest BCUT2D eigenvalue weighted by atomic mass is 35.5. The van der Waals surface area contributed by atoms with Crippen molar-refractivity contribution in [3.05, 3.63) is 35.7 Å². The molecule has 0 bridgehead atoms. The fourth-order valence-electron chi connectivity index (χ4n) is 2.21. The molecule has 0 saturated heterocycles. The van der Waals surface area contributed by atoms with Crippen molar-refractivity contribution in [3.63, 3.8) is 0 Å². The van der Waals surface area contributed by atoms with Crippen LogP contribution >= 0.6 is 11.6 Å². The van der Waals surface area contributed by atoms with Crippen LogP contribution in [0, 0.1) is 0 Å². The molecule has 0 fully saturated rings. The fraction of sp³-hybridized carbons (Fsp3) is 0.154. The minimum absolute atomic E-state index is 0.381. The second-order valence-electron chi connectivity index (χ2n) is 4.29. The van der Waals surface area contributed by atoms with Crippen LogP contribution in [0.25, 0.3) is 17.0 Å². The first-order valence-corrected chi connectivity index (χ1v) is 6.46. The van der Waals surface area contributed by atoms with Crippen LogP contribution in [0.2, 0.25) is 5.15 Å². The van der Waals surface area contributed by atoms with Crippen LogP contribution in [0.4, 0.5) is 0 Å². The van der Waals surface area contributed by atoms with Crippen molar-refractivity contribution in [2.24, 2.45) is 0 Å². The van der Waals surface area contributed by atoms with E-state index in [1.165, 1.54) is 0 Å². The van der Waals surface area contributed by atoms with Gasteiger partial charge < -0.3 is 9.47 Å². The summed E-state index contributed by atoms with van der Waals surface area (Å²) in [7, 11) is 0. The SMILES string of the molecule is Clc1cc2nnc(-c3cccc4c3OCCO4)n2cn1. The van der Waals surface area contributed by atoms with Crippen LogP contribution in [0.5, 0.6) is 11.5 Å². The molecule has 2 aromatic heterocycles. The summed E-state index contributed by atoms with van der Waals surface area (Å²) in [5.41, 5.74) is 1.45. The molecule has 0 spiro atoms. The van der Waals surface area contributed by atoms with Gasteiger partial charge in [0.2, 0.25) is 0 Å². The zero-order chi connectivity index (χ0) is 13.5. The molecule has 1 aliphatic rings. The van der Waals surface area contributed by atoms with Gasteiger partial charge in [-0.25, -0.2) is 4.98 Å². The molecule has 1 aliphatic heterocycles. The molecule has 0 N–H and O–H groups in total. The normalized spacial score (nSPS) is 13.7. The van der Waals surface area contributed by atoms with Crippen LogP contribution in [-0.2, 0) is 0 Å². The molecule has 0 aliphatic carbocycles. The number of rotatable bonds is 1. The van der Waals surface area contributed by atoms with E-state index in [-0.39, 0.29) is 0 Å². The Morgan fingerprint density at radius 3 is 3.00 bits per heavy atom. The Labute approximate surface area is 118 Å². The largest absolute Gasteiger partial charge is 0.486 e. The molecule has 1 aromatic carbocycles. The number of benzene rings is 1. The minimum atomic E-state index is 0.381. The van der Waals surface area contributed by atoms with Crippen LogP contribution in [-0.4, -0.2) is 32.8 Å². The van der Waals surface area contributed by atoms with Gasteiger partial charge in [0, 0.05) is 6.07 Å². The molecule has 3 heterocycles. The van der Waals surface area contributed by atoms with Gasteiger partial charge in [0.25, 0.3) is 0 Å². The fourth-order valence-corrected chi connectivity index (χ4v) is 2.35. The Bertz CT molecular complexity index is 802. The van der Waals surface area contributed by atoms with E-state index in [0.29, 0.717) is 41.3 Å². The summed E-state index contributed by atoms with van der Waals surface area (Å²) in [4.78, 5) is 4.05. The smallest absolute Gasteiger partial charge is 0.173 e. The first-order chi connectivity index (χ1) is 9.83. The minimum Gasteiger partial charge on any atom is -0.486 e. The molecule has 20 heavy (non-hydrogen) atoms. The molecule has 7 heteroatoms. The van der Waals surface area contributed by atoms with Gasteiger partial charge in [0.05, 0.1) is 5.56 Å². The number of halogens is 1. The zero-order valence-corrected chi connectivity index (χ0v) is 11.0. The van der Waals surface area contributed by atoms with E-state index in [9.17, 15) is 0 Å². The Balaban J connectivity index is 1.95. The van der Waals surface area contributed by atoms with Crippen LogP contribution in [0.1, 0.15) is 0 Å². The van der Waals surface area contributed by atoms with E-state index in [4.69, 9.17) is 21.1 Å². The monoisotopic (exact) mass is 288 g/mol. The Kier molecular flexibility index (Phi) is 2.50. The summed E-state index contributed by atoms with van der Waals surface area (Å²) in [6.45, 7) is 1.07. The van der Waals surface area contributed by atoms with E-state index >= 15 is 0 Å². The van der Waals surface area contributed by atoms with Crippen molar-refractivity contribution in [1.29, 1.82) is 0 Å². The molecule has 4 rings (SSSR count). The lowest BCUT2D eigenvalue weighted by atomic mass is 10.1. The number of para-hydroxylation sites is 1. The summed E-state index contributed by atoms with van der Waals surface area (Å²) in [5, 5.41) is 8.67. The second kappa shape index (κ2) is 4.35. The van der Waals surface area contributed by atoms with Gasteiger partial charge in [0.15, 0.2) is 23.0 Å². The summed E-state index contributed by atoms with van der Waals surface area (Å²) >= 11 is 5.85. The van der Waals surface area contributed by atoms with Crippen molar-refractivity contribution >= 4 is 17.2 Å². The standard InChI is InChI=1S/C13H9ClN4O2/c14-10-6-11-16-17-13(18(11)7-15-10)8-2-1-3-9-12(8)20-5-4-19-9/h1-3,6-7H,4-5H2. The summed E-state index contributed by atoms with van der Waals surface area (Å²) in [5.74, 6) is 2.04. The average Bonchev–Trinajstić information content (AvgIpc) is 2.89. The van der Waals surface area contributed by atoms with Crippen LogP contribution in [0.15, 0.2) is 30.6 Å². The lowest BCUT2D eigenvalue weighted by molar-refractivity contribution is 0.172. The van der Waals surface area contributed by atoms with Gasteiger partial charge >= 0.3 is 0 Å². The number of ether oxygens (including phenoxy) is 2. The Hall–Kier alpha value is -2.34. The van der Waals surface area contributed by atoms with E-state index < -0.39 is 0 Å². The first kappa shape index (κ1) is 11.5. The summed E-state index contributed by atoms with van der Waals surface area (Å²) < 4.78 is 13.0. The number of fused-ring (bicyclic) bond motifs is 2. The Morgan fingerprint density at radius 2 is 2.05 bits per heavy atom. The summed E-state index contributed by atoms with van der Waals surface area (Å²) in [6.07, 6.45) is 1.59. The third-order valence-electron chi connectivity index (χ3n) is 3.07. The molecular formula is C13H9ClN4O2. The predicted molar refractivity (Wildman–Crippen MR) is 72.2 cm³/mol. The van der Waals surface area contributed by atoms with E-state index in [1.54, 1.807) is 16.8 Å². The third-order valence-corrected chi connectivity index (χ3v) is 3.28. The molecular weight excluding hydrogens is 280 g/mol. The lowest BCUT2D eigenvalue weighted by Crippen LogP contribution is -2.16. The van der Waals surface area contributed by atoms with Crippen LogP contribution in [0.3, 0.4) is 0 Å². The van der Waals surface area contributed by atoms with Crippen LogP contribution < -0.4 is 9.47 Å². The first-order valence-electron chi connectivity index (χ1n) is 6.08. The number of nitrogens with zero attached hydrogens (tertiary/aromatic N) is 4. The van der Waals surface area contributed by atoms with Crippen molar-refractivity contribution in [1.82, 2.24) is 19.6 Å². The van der Waals surface area contributed by atoms with Gasteiger partial charge in [-0.05, 0) is 12.1 Å². The highest BCUT2D eigenvalue weighted by Crippen LogP contribution is 2.39. The average molecular weight is 289 g/mol. The van der Waals surface area contributed by atoms with Gasteiger partial charge in [-0.15, -0.1) is 10.2 Å². The third kappa shape index (κ3) is 1.69. The topological polar surface area (TPSA) is 61.5 Å². The highest BCUT2D eigenvalue weighted by Gasteiger charge is 2.20. The van der Waals surface area contributed by atoms with Gasteiger partial charge in [-0.2, -0.15) is 0 Å². The van der Waals surface area contributed by atoms with E-state index in [1.807, 2.05) is 18.2 Å². The molecule has 100 valence electrons. The summed E-state index contributed by atoms with van der Waals surface area (Å²) in [6, 6.07) is 7.34. The molecule has 0 atom stereocenters. The van der Waals surface area contributed by atoms with Gasteiger partial charge in [0.1, 0.15) is 24.7 Å². The number of hydrogen-bond acceptors (Lipinski definition) is 5. The maximum absolute atomic E-state index is 5.85. The van der Waals surface area contributed by atoms with Crippen molar-refractivity contribution in [2.75, 3.05) is 13.2 Å². The highest BCUT2D eigenvalue weighted by molar-refractivity contribution is 6.29. The van der Waals surface area contributed by atoms with E-state index in [0.717, 1.165) is 5.56 Å². The van der Waals surface area contributed by atoms with Crippen molar-refractivity contribution in [3.8, 4) is 22.9 Å². The molecule has 0 amide bonds. The van der Waals surface area contributed by atoms with Crippen molar-refractivity contribution < 1.29 is 9.47 Å². The molecule has 0 saturated carbocycles. The van der Waals surface area contributed by atoms with Gasteiger partial charge in [-0.1, -0.05) is 17.7 Å². The number of hydrogen-bond donors (Lipinski definition) is 0. The predicted octanol–water partition coefficient (Wildman–Crippen LogP) is 2.22. The number of aromatic nitrogens is 4. The van der Waals surface area contributed by atoms with E-state index in [2.05, 4.69) is 15.2 Å². The zero-order valence-electron chi connectivity index (χ0n) is 10.3. The maximum atomic E-state index is 5.85. The van der Waals surface area contributed by atoms with Gasteiger partial charge in [-0.3, -0.25) is 4.40 Å². The molecule has 0 radical (unpaired) electrons. The van der Waals surface area contributed by atoms with Crippen molar-refractivity contribution in [2.45, 2.75) is 0 Å². The molecule has 6 nitrogen and oxygen atoms in total.